The van der Waals surface area contributed by atoms with Crippen LogP contribution in [0.25, 0.3) is 11.0 Å². The lowest BCUT2D eigenvalue weighted by molar-refractivity contribution is -0.126. The molecule has 0 saturated heterocycles. The lowest BCUT2D eigenvalue weighted by Gasteiger charge is -2.21. The van der Waals surface area contributed by atoms with E-state index >= 15 is 0 Å². The highest BCUT2D eigenvalue weighted by atomic mass is 32.1. The third-order valence-electron chi connectivity index (χ3n) is 3.50. The number of carbonyl (C=O) groups excluding carboxylic acids is 1. The number of hydrogen-bond acceptors (Lipinski definition) is 4. The van der Waals surface area contributed by atoms with Gasteiger partial charge in [-0.3, -0.25) is 4.79 Å². The van der Waals surface area contributed by atoms with Gasteiger partial charge in [-0.15, -0.1) is 0 Å². The van der Waals surface area contributed by atoms with E-state index in [1.165, 1.54) is 0 Å². The van der Waals surface area contributed by atoms with Crippen LogP contribution in [0.4, 0.5) is 0 Å². The number of H-pyrrole nitrogens is 1. The zero-order chi connectivity index (χ0) is 15.8. The fraction of sp³-hybridized carbons (Fsp3) is 0.429. The summed E-state index contributed by atoms with van der Waals surface area (Å²) in [5.74, 6) is 0.839. The van der Waals surface area contributed by atoms with Crippen LogP contribution in [0, 0.1) is 10.2 Å². The second kappa shape index (κ2) is 5.40. The molecule has 0 aliphatic heterocycles. The number of fused-ring (bicyclic) bond motifs is 1. The molecule has 7 heteroatoms. The van der Waals surface area contributed by atoms with Crippen LogP contribution in [0.3, 0.4) is 0 Å². The van der Waals surface area contributed by atoms with Crippen LogP contribution >= 0.6 is 12.2 Å². The van der Waals surface area contributed by atoms with E-state index in [1.54, 1.807) is 28.1 Å². The molecule has 0 saturated carbocycles. The summed E-state index contributed by atoms with van der Waals surface area (Å²) in [7, 11) is 3.15. The van der Waals surface area contributed by atoms with Crippen LogP contribution in [-0.4, -0.2) is 29.7 Å². The van der Waals surface area contributed by atoms with Crippen molar-refractivity contribution in [3.8, 4) is 11.5 Å². The van der Waals surface area contributed by atoms with Crippen molar-refractivity contribution in [2.24, 2.45) is 11.1 Å². The molecule has 0 spiro atoms. The van der Waals surface area contributed by atoms with Gasteiger partial charge >= 0.3 is 0 Å². The maximum atomic E-state index is 11.5. The van der Waals surface area contributed by atoms with Crippen LogP contribution in [0.5, 0.6) is 11.5 Å². The van der Waals surface area contributed by atoms with Crippen LogP contribution in [-0.2, 0) is 11.3 Å². The molecule has 0 radical (unpaired) electrons. The van der Waals surface area contributed by atoms with Crippen LogP contribution in [0.15, 0.2) is 12.1 Å². The van der Waals surface area contributed by atoms with E-state index in [1.807, 2.05) is 16.7 Å². The van der Waals surface area contributed by atoms with Crippen molar-refractivity contribution in [1.29, 1.82) is 0 Å². The molecular formula is C14H19N3O3S. The number of amides is 1. The third kappa shape index (κ3) is 2.73. The van der Waals surface area contributed by atoms with Crippen molar-refractivity contribution < 1.29 is 14.3 Å². The van der Waals surface area contributed by atoms with Gasteiger partial charge in [0.2, 0.25) is 5.91 Å². The molecule has 0 aliphatic carbocycles. The van der Waals surface area contributed by atoms with Crippen molar-refractivity contribution >= 4 is 29.2 Å². The van der Waals surface area contributed by atoms with Crippen LogP contribution < -0.4 is 15.2 Å². The summed E-state index contributed by atoms with van der Waals surface area (Å²) in [4.78, 5) is 14.6. The summed E-state index contributed by atoms with van der Waals surface area (Å²) in [5, 5.41) is 0. The smallest absolute Gasteiger partial charge is 0.224 e. The molecule has 0 unspecified atom stereocenters. The molecule has 1 amide bonds. The number of imidazole rings is 1. The Kier molecular flexibility index (Phi) is 3.95. The number of ether oxygens (including phenoxy) is 2. The van der Waals surface area contributed by atoms with Gasteiger partial charge in [-0.2, -0.15) is 0 Å². The van der Waals surface area contributed by atoms with E-state index in [0.717, 1.165) is 11.0 Å². The number of primary amides is 1. The van der Waals surface area contributed by atoms with Gasteiger partial charge in [-0.05, 0) is 26.1 Å². The van der Waals surface area contributed by atoms with Crippen molar-refractivity contribution in [2.75, 3.05) is 14.2 Å². The number of aromatic amines is 1. The molecule has 1 aromatic carbocycles. The Balaban J connectivity index is 2.62. The van der Waals surface area contributed by atoms with Gasteiger partial charge in [0, 0.05) is 18.7 Å². The molecule has 0 bridgehead atoms. The van der Waals surface area contributed by atoms with Crippen molar-refractivity contribution in [2.45, 2.75) is 20.4 Å². The molecule has 2 aromatic rings. The Morgan fingerprint density at radius 2 is 1.90 bits per heavy atom. The first-order chi connectivity index (χ1) is 9.80. The fourth-order valence-corrected chi connectivity index (χ4v) is 2.39. The SMILES string of the molecule is COc1cc2[nH]c(=S)n(CC(C)(C)C(N)=O)c2cc1OC. The molecule has 1 heterocycles. The Bertz CT molecular complexity index is 746. The Hall–Kier alpha value is -2.02. The topological polar surface area (TPSA) is 82.3 Å². The normalized spacial score (nSPS) is 11.6. The number of nitrogens with two attached hydrogens (primary N) is 1. The molecule has 1 aromatic heterocycles. The van der Waals surface area contributed by atoms with E-state index in [-0.39, 0.29) is 5.91 Å². The molecule has 114 valence electrons. The zero-order valence-corrected chi connectivity index (χ0v) is 13.3. The average molecular weight is 309 g/mol. The van der Waals surface area contributed by atoms with Crippen molar-refractivity contribution in [1.82, 2.24) is 9.55 Å². The lowest BCUT2D eigenvalue weighted by Crippen LogP contribution is -2.35. The number of nitrogens with zero attached hydrogens (tertiary/aromatic N) is 1. The van der Waals surface area contributed by atoms with Gasteiger partial charge in [0.15, 0.2) is 16.3 Å². The summed E-state index contributed by atoms with van der Waals surface area (Å²) in [6.07, 6.45) is 0. The van der Waals surface area contributed by atoms with E-state index in [0.29, 0.717) is 22.8 Å². The number of nitrogens with one attached hydrogen (secondary N) is 1. The largest absolute Gasteiger partial charge is 0.493 e. The Morgan fingerprint density at radius 1 is 1.33 bits per heavy atom. The molecule has 21 heavy (non-hydrogen) atoms. The number of benzene rings is 1. The first-order valence-electron chi connectivity index (χ1n) is 6.44. The molecule has 0 fully saturated rings. The van der Waals surface area contributed by atoms with Gasteiger partial charge < -0.3 is 24.8 Å². The Labute approximate surface area is 127 Å². The predicted molar refractivity (Wildman–Crippen MR) is 83.2 cm³/mol. The van der Waals surface area contributed by atoms with Crippen LogP contribution in [0.1, 0.15) is 13.8 Å². The number of carbonyl (C=O) groups is 1. The van der Waals surface area contributed by atoms with Gasteiger partial charge in [0.25, 0.3) is 0 Å². The minimum Gasteiger partial charge on any atom is -0.493 e. The minimum atomic E-state index is -0.708. The second-order valence-corrected chi connectivity index (χ2v) is 5.88. The Morgan fingerprint density at radius 3 is 2.43 bits per heavy atom. The quantitative estimate of drug-likeness (QED) is 0.830. The standard InChI is InChI=1S/C14H19N3O3S/c1-14(2,12(15)18)7-17-9-6-11(20-4)10(19-3)5-8(9)16-13(17)21/h5-6H,7H2,1-4H3,(H2,15,18)(H,16,21). The lowest BCUT2D eigenvalue weighted by atomic mass is 9.92. The molecule has 0 atom stereocenters. The van der Waals surface area contributed by atoms with Crippen molar-refractivity contribution in [3.63, 3.8) is 0 Å². The number of aromatic nitrogens is 2. The summed E-state index contributed by atoms with van der Waals surface area (Å²) < 4.78 is 12.9. The summed E-state index contributed by atoms with van der Waals surface area (Å²) in [6, 6.07) is 3.65. The molecule has 3 N–H and O–H groups in total. The monoisotopic (exact) mass is 309 g/mol. The first-order valence-corrected chi connectivity index (χ1v) is 6.85. The van der Waals surface area contributed by atoms with Gasteiger partial charge in [0.1, 0.15) is 0 Å². The summed E-state index contributed by atoms with van der Waals surface area (Å²) in [6.45, 7) is 3.96. The maximum absolute atomic E-state index is 11.5. The summed E-state index contributed by atoms with van der Waals surface area (Å²) in [5.41, 5.74) is 6.39. The molecular weight excluding hydrogens is 290 g/mol. The second-order valence-electron chi connectivity index (χ2n) is 5.49. The minimum absolute atomic E-state index is 0.376. The van der Waals surface area contributed by atoms with E-state index < -0.39 is 5.41 Å². The highest BCUT2D eigenvalue weighted by molar-refractivity contribution is 7.71. The van der Waals surface area contributed by atoms with Crippen LogP contribution in [0.2, 0.25) is 0 Å². The fourth-order valence-electron chi connectivity index (χ4n) is 2.11. The van der Waals surface area contributed by atoms with E-state index in [4.69, 9.17) is 27.4 Å². The highest BCUT2D eigenvalue weighted by Crippen LogP contribution is 2.33. The van der Waals surface area contributed by atoms with Gasteiger partial charge in [0.05, 0.1) is 30.7 Å². The first kappa shape index (κ1) is 15.4. The maximum Gasteiger partial charge on any atom is 0.224 e. The van der Waals surface area contributed by atoms with E-state index in [9.17, 15) is 4.79 Å². The number of hydrogen-bond donors (Lipinski definition) is 2. The summed E-state index contributed by atoms with van der Waals surface area (Å²) >= 11 is 5.34. The third-order valence-corrected chi connectivity index (χ3v) is 3.82. The van der Waals surface area contributed by atoms with Gasteiger partial charge in [-0.25, -0.2) is 0 Å². The molecule has 2 rings (SSSR count). The number of methoxy groups -OCH3 is 2. The highest BCUT2D eigenvalue weighted by Gasteiger charge is 2.27. The van der Waals surface area contributed by atoms with Gasteiger partial charge in [-0.1, -0.05) is 0 Å². The molecule has 0 aliphatic rings. The average Bonchev–Trinajstić information content (AvgIpc) is 2.72. The molecule has 6 nitrogen and oxygen atoms in total. The van der Waals surface area contributed by atoms with E-state index in [2.05, 4.69) is 4.98 Å². The predicted octanol–water partition coefficient (Wildman–Crippen LogP) is 2.23. The van der Waals surface area contributed by atoms with Crippen molar-refractivity contribution in [3.05, 3.63) is 16.9 Å². The number of rotatable bonds is 5. The zero-order valence-electron chi connectivity index (χ0n) is 12.5.